The number of thiazole rings is 1. The predicted octanol–water partition coefficient (Wildman–Crippen LogP) is 6.89. The van der Waals surface area contributed by atoms with E-state index >= 15 is 0 Å². The van der Waals surface area contributed by atoms with Gasteiger partial charge in [0.25, 0.3) is 0 Å². The van der Waals surface area contributed by atoms with E-state index in [2.05, 4.69) is 81.1 Å². The van der Waals surface area contributed by atoms with Gasteiger partial charge in [-0.05, 0) is 53.8 Å². The van der Waals surface area contributed by atoms with Crippen molar-refractivity contribution >= 4 is 27.6 Å². The van der Waals surface area contributed by atoms with Gasteiger partial charge in [-0.3, -0.25) is 0 Å². The first-order valence-electron chi connectivity index (χ1n) is 8.36. The summed E-state index contributed by atoms with van der Waals surface area (Å²) in [6, 6.07) is 21.3. The van der Waals surface area contributed by atoms with Gasteiger partial charge in [0.2, 0.25) is 0 Å². The molecule has 2 heteroatoms. The molecule has 4 aromatic rings. The molecular weight excluding hydrogens is 322 g/mol. The molecule has 0 saturated heterocycles. The average molecular weight is 341 g/mol. The minimum absolute atomic E-state index is 1.08. The van der Waals surface area contributed by atoms with E-state index in [0.29, 0.717) is 0 Å². The maximum Gasteiger partial charge on any atom is 0.124 e. The van der Waals surface area contributed by atoms with Crippen molar-refractivity contribution in [2.75, 3.05) is 0 Å². The highest BCUT2D eigenvalue weighted by Gasteiger charge is 2.13. The van der Waals surface area contributed by atoms with Crippen molar-refractivity contribution in [1.82, 2.24) is 4.98 Å². The van der Waals surface area contributed by atoms with Crippen LogP contribution in [0.15, 0.2) is 67.2 Å². The molecule has 0 aliphatic carbocycles. The molecule has 1 nitrogen and oxygen atoms in total. The number of hydrogen-bond donors (Lipinski definition) is 0. The van der Waals surface area contributed by atoms with Gasteiger partial charge in [-0.25, -0.2) is 4.98 Å². The largest absolute Gasteiger partial charge is 0.236 e. The Morgan fingerprint density at radius 1 is 0.920 bits per heavy atom. The van der Waals surface area contributed by atoms with Gasteiger partial charge >= 0.3 is 0 Å². The molecule has 0 N–H and O–H groups in total. The highest BCUT2D eigenvalue weighted by Crippen LogP contribution is 2.37. The molecule has 0 aliphatic heterocycles. The Kier molecular flexibility index (Phi) is 3.98. The maximum atomic E-state index is 4.94. The minimum atomic E-state index is 1.08. The van der Waals surface area contributed by atoms with E-state index in [1.54, 1.807) is 11.3 Å². The lowest BCUT2D eigenvalue weighted by molar-refractivity contribution is 1.38. The maximum absolute atomic E-state index is 4.94. The zero-order valence-corrected chi connectivity index (χ0v) is 15.2. The molecule has 122 valence electrons. The first-order chi connectivity index (χ1) is 12.2. The number of aryl methyl sites for hydroxylation is 1. The van der Waals surface area contributed by atoms with Crippen molar-refractivity contribution in [1.29, 1.82) is 0 Å². The molecule has 0 bridgehead atoms. The van der Waals surface area contributed by atoms with Gasteiger partial charge in [0, 0.05) is 5.56 Å². The molecule has 0 saturated carbocycles. The number of hydrogen-bond acceptors (Lipinski definition) is 2. The summed E-state index contributed by atoms with van der Waals surface area (Å²) in [4.78, 5) is 4.94. The summed E-state index contributed by atoms with van der Waals surface area (Å²) in [6.07, 6.45) is 1.90. The SMILES string of the molecule is C=Cc1cc(C)c2nc(-c3cccc(-c4ccccc4)c3C)sc2c1. The summed E-state index contributed by atoms with van der Waals surface area (Å²) in [5.74, 6) is 0. The molecule has 0 amide bonds. The molecule has 0 radical (unpaired) electrons. The lowest BCUT2D eigenvalue weighted by atomic mass is 9.97. The van der Waals surface area contributed by atoms with Crippen LogP contribution >= 0.6 is 11.3 Å². The molecule has 0 fully saturated rings. The lowest BCUT2D eigenvalue weighted by Crippen LogP contribution is -1.88. The molecule has 25 heavy (non-hydrogen) atoms. The fraction of sp³-hybridized carbons (Fsp3) is 0.0870. The van der Waals surface area contributed by atoms with E-state index in [9.17, 15) is 0 Å². The summed E-state index contributed by atoms with van der Waals surface area (Å²) in [6.45, 7) is 8.19. The number of nitrogens with zero attached hydrogens (tertiary/aromatic N) is 1. The number of aromatic nitrogens is 1. The summed E-state index contributed by atoms with van der Waals surface area (Å²) >= 11 is 1.75. The molecule has 4 rings (SSSR count). The molecule has 3 aromatic carbocycles. The van der Waals surface area contributed by atoms with Crippen molar-refractivity contribution in [3.05, 3.63) is 83.9 Å². The molecule has 1 heterocycles. The van der Waals surface area contributed by atoms with Crippen LogP contribution in [0.25, 0.3) is 38.0 Å². The van der Waals surface area contributed by atoms with Gasteiger partial charge in [0.05, 0.1) is 10.2 Å². The van der Waals surface area contributed by atoms with Crippen molar-refractivity contribution < 1.29 is 0 Å². The molecule has 0 atom stereocenters. The second-order valence-corrected chi connectivity index (χ2v) is 7.28. The van der Waals surface area contributed by atoms with Gasteiger partial charge in [0.15, 0.2) is 0 Å². The minimum Gasteiger partial charge on any atom is -0.236 e. The van der Waals surface area contributed by atoms with Crippen LogP contribution in [0.3, 0.4) is 0 Å². The Bertz CT molecular complexity index is 1070. The van der Waals surface area contributed by atoms with E-state index in [1.807, 2.05) is 6.08 Å². The third kappa shape index (κ3) is 2.79. The normalized spacial score (nSPS) is 11.0. The quantitative estimate of drug-likeness (QED) is 0.395. The average Bonchev–Trinajstić information content (AvgIpc) is 3.07. The van der Waals surface area contributed by atoms with Crippen LogP contribution in [0.1, 0.15) is 16.7 Å². The highest BCUT2D eigenvalue weighted by molar-refractivity contribution is 7.21. The third-order valence-corrected chi connectivity index (χ3v) is 5.63. The first-order valence-corrected chi connectivity index (χ1v) is 9.18. The zero-order valence-electron chi connectivity index (χ0n) is 14.4. The topological polar surface area (TPSA) is 12.9 Å². The van der Waals surface area contributed by atoms with E-state index in [1.165, 1.54) is 32.5 Å². The second-order valence-electron chi connectivity index (χ2n) is 6.25. The molecular formula is C23H19NS. The number of fused-ring (bicyclic) bond motifs is 1. The van der Waals surface area contributed by atoms with Crippen LogP contribution in [-0.2, 0) is 0 Å². The molecule has 0 unspecified atom stereocenters. The molecule has 0 spiro atoms. The fourth-order valence-electron chi connectivity index (χ4n) is 3.25. The van der Waals surface area contributed by atoms with Crippen LogP contribution < -0.4 is 0 Å². The summed E-state index contributed by atoms with van der Waals surface area (Å²) in [7, 11) is 0. The molecule has 0 aliphatic rings. The highest BCUT2D eigenvalue weighted by atomic mass is 32.1. The van der Waals surface area contributed by atoms with Crippen LogP contribution in [0, 0.1) is 13.8 Å². The van der Waals surface area contributed by atoms with E-state index < -0.39 is 0 Å². The third-order valence-electron chi connectivity index (χ3n) is 4.59. The van der Waals surface area contributed by atoms with Crippen LogP contribution in [0.2, 0.25) is 0 Å². The van der Waals surface area contributed by atoms with Crippen molar-refractivity contribution in [2.45, 2.75) is 13.8 Å². The summed E-state index contributed by atoms with van der Waals surface area (Å²) in [5, 5.41) is 1.08. The number of rotatable bonds is 3. The van der Waals surface area contributed by atoms with Crippen molar-refractivity contribution in [3.63, 3.8) is 0 Å². The predicted molar refractivity (Wildman–Crippen MR) is 110 cm³/mol. The first kappa shape index (κ1) is 15.8. The Morgan fingerprint density at radius 2 is 1.68 bits per heavy atom. The van der Waals surface area contributed by atoms with Crippen LogP contribution in [0.4, 0.5) is 0 Å². The Hall–Kier alpha value is -2.71. The second kappa shape index (κ2) is 6.30. The van der Waals surface area contributed by atoms with Crippen molar-refractivity contribution in [3.8, 4) is 21.7 Å². The Balaban J connectivity index is 1.89. The Morgan fingerprint density at radius 3 is 2.44 bits per heavy atom. The van der Waals surface area contributed by atoms with Gasteiger partial charge in [-0.2, -0.15) is 0 Å². The van der Waals surface area contributed by atoms with Gasteiger partial charge in [-0.1, -0.05) is 61.2 Å². The van der Waals surface area contributed by atoms with Gasteiger partial charge < -0.3 is 0 Å². The van der Waals surface area contributed by atoms with Crippen LogP contribution in [-0.4, -0.2) is 4.98 Å². The fourth-order valence-corrected chi connectivity index (χ4v) is 4.43. The Labute approximate surface area is 152 Å². The number of benzene rings is 3. The zero-order chi connectivity index (χ0) is 17.4. The smallest absolute Gasteiger partial charge is 0.124 e. The van der Waals surface area contributed by atoms with Gasteiger partial charge in [-0.15, -0.1) is 11.3 Å². The van der Waals surface area contributed by atoms with E-state index in [-0.39, 0.29) is 0 Å². The van der Waals surface area contributed by atoms with E-state index in [0.717, 1.165) is 16.1 Å². The van der Waals surface area contributed by atoms with Gasteiger partial charge in [0.1, 0.15) is 5.01 Å². The van der Waals surface area contributed by atoms with Crippen LogP contribution in [0.5, 0.6) is 0 Å². The van der Waals surface area contributed by atoms with Crippen molar-refractivity contribution in [2.24, 2.45) is 0 Å². The summed E-state index contributed by atoms with van der Waals surface area (Å²) in [5.41, 5.74) is 8.43. The summed E-state index contributed by atoms with van der Waals surface area (Å²) < 4.78 is 1.22. The monoisotopic (exact) mass is 341 g/mol. The standard InChI is InChI=1S/C23H19NS/c1-4-17-13-15(2)22-21(14-17)25-23(24-22)20-12-8-11-19(16(20)3)18-9-6-5-7-10-18/h4-14H,1H2,2-3H3. The molecule has 1 aromatic heterocycles. The lowest BCUT2D eigenvalue weighted by Gasteiger charge is -2.09. The van der Waals surface area contributed by atoms with E-state index in [4.69, 9.17) is 4.98 Å².